The topological polar surface area (TPSA) is 72.8 Å². The first-order valence-electron chi connectivity index (χ1n) is 18.3. The minimum atomic E-state index is -4.20. The van der Waals surface area contributed by atoms with Gasteiger partial charge in [0.2, 0.25) is 0 Å². The molecule has 1 aliphatic heterocycles. The number of hydrogen-bond acceptors (Lipinski definition) is 5. The highest BCUT2D eigenvalue weighted by atomic mass is 16.5. The van der Waals surface area contributed by atoms with E-state index < -0.39 is 123 Å². The van der Waals surface area contributed by atoms with E-state index in [-0.39, 0.29) is 12.8 Å². The number of ether oxygens (including phenoxy) is 2. The van der Waals surface area contributed by atoms with Gasteiger partial charge in [0.15, 0.2) is 0 Å². The summed E-state index contributed by atoms with van der Waals surface area (Å²) in [5, 5.41) is 10.2. The van der Waals surface area contributed by atoms with Crippen LogP contribution in [0.15, 0.2) is 23.7 Å². The Balaban J connectivity index is 2.23. The first-order chi connectivity index (χ1) is 20.8. The minimum absolute atomic E-state index is 0.267. The summed E-state index contributed by atoms with van der Waals surface area (Å²) in [7, 11) is 0. The van der Waals surface area contributed by atoms with E-state index in [2.05, 4.69) is 0 Å². The van der Waals surface area contributed by atoms with E-state index in [9.17, 15) is 14.7 Å². The summed E-state index contributed by atoms with van der Waals surface area (Å²) in [6.45, 7) is -5.90. The number of carbonyl (C=O) groups is 2. The highest BCUT2D eigenvalue weighted by Gasteiger charge is 2.42. The van der Waals surface area contributed by atoms with Crippen LogP contribution in [0, 0.1) is 29.5 Å². The summed E-state index contributed by atoms with van der Waals surface area (Å²) in [5.74, 6) is -16.1. The number of allylic oxidation sites excluding steroid dienone is 3. The second-order valence-corrected chi connectivity index (χ2v) is 7.20. The van der Waals surface area contributed by atoms with Crippen LogP contribution in [0.3, 0.4) is 0 Å². The van der Waals surface area contributed by atoms with Crippen molar-refractivity contribution < 1.29 is 48.8 Å². The Labute approximate surface area is 199 Å². The van der Waals surface area contributed by atoms with E-state index in [4.69, 9.17) is 34.1 Å². The van der Waals surface area contributed by atoms with Gasteiger partial charge in [-0.15, -0.1) is 0 Å². The standard InChI is InChI=1S/C24H36O5/c1-5-15(3)24(27)29-21-11-14(2)10-17-7-6-16(4)20(23(17)21)9-8-19-12-18(25)13-22(26)28-19/h6-7,10,14-16,18-21,23,25H,5,8-9,11-13H2,1-4H3/t14-,15-,16-,18+,19?,20-,21?,23-/m0/s1/i1D3,3D3,5D2,6D,7D,10D,11D2,13D2,14D,15D,16D. The lowest BCUT2D eigenvalue weighted by atomic mass is 9.65. The van der Waals surface area contributed by atoms with E-state index in [0.717, 1.165) is 13.8 Å². The molecule has 1 fully saturated rings. The molecule has 0 aromatic carbocycles. The Morgan fingerprint density at radius 2 is 2.41 bits per heavy atom. The highest BCUT2D eigenvalue weighted by molar-refractivity contribution is 5.72. The Kier molecular flexibility index (Phi) is 2.77. The van der Waals surface area contributed by atoms with Crippen LogP contribution in [0.25, 0.3) is 0 Å². The lowest BCUT2D eigenvalue weighted by molar-refractivity contribution is -0.162. The SMILES string of the molecule is [2H]C1=C([2H])[C@]([2H])(C)[C@H](CCC2C[C@@H](O)C([2H])([2H])C(=O)O2)[C@@H]2C1=C([2H])[C@]([2H])(C)C([2H])([2H])C2OC(=O)[C@@]([2H])(C([2H])([2H])[2H])C([2H])([2H])C([2H])([2H])[2H]. The number of hydrogen-bond donors (Lipinski definition) is 1. The molecule has 0 aromatic rings. The Hall–Kier alpha value is -1.62. The molecule has 2 unspecified atom stereocenters. The predicted molar refractivity (Wildman–Crippen MR) is 111 cm³/mol. The van der Waals surface area contributed by atoms with E-state index in [1.165, 1.54) is 0 Å². The summed E-state index contributed by atoms with van der Waals surface area (Å²) in [5.41, 5.74) is -0.532. The number of aliphatic hydroxyl groups excluding tert-OH is 1. The molecule has 0 spiro atoms. The zero-order valence-corrected chi connectivity index (χ0v) is 16.1. The largest absolute Gasteiger partial charge is 0.462 e. The number of fused-ring (bicyclic) bond motifs is 1. The van der Waals surface area contributed by atoms with Gasteiger partial charge >= 0.3 is 11.9 Å². The molecule has 162 valence electrons. The summed E-state index contributed by atoms with van der Waals surface area (Å²) >= 11 is 0. The Morgan fingerprint density at radius 1 is 1.59 bits per heavy atom. The van der Waals surface area contributed by atoms with Crippen LogP contribution in [0.4, 0.5) is 0 Å². The van der Waals surface area contributed by atoms with Gasteiger partial charge in [0.25, 0.3) is 0 Å². The van der Waals surface area contributed by atoms with Crippen LogP contribution >= 0.6 is 0 Å². The van der Waals surface area contributed by atoms with E-state index in [0.29, 0.717) is 0 Å². The number of esters is 2. The quantitative estimate of drug-likeness (QED) is 0.650. The molecule has 0 radical (unpaired) electrons. The molecule has 0 amide bonds. The van der Waals surface area contributed by atoms with Crippen molar-refractivity contribution in [1.82, 2.24) is 0 Å². The molecule has 1 heterocycles. The average molecular weight is 423 g/mol. The maximum atomic E-state index is 13.7. The van der Waals surface area contributed by atoms with Crippen LogP contribution in [-0.2, 0) is 19.1 Å². The number of cyclic esters (lactones) is 1. The first kappa shape index (κ1) is 8.49. The van der Waals surface area contributed by atoms with Crippen LogP contribution in [-0.4, -0.2) is 35.4 Å². The average Bonchev–Trinajstić information content (AvgIpc) is 2.89. The molecule has 2 aliphatic carbocycles. The third kappa shape index (κ3) is 5.30. The zero-order valence-electron chi connectivity index (χ0n) is 34.1. The number of rotatable bonds is 6. The van der Waals surface area contributed by atoms with E-state index in [1.807, 2.05) is 0 Å². The molecule has 5 nitrogen and oxygen atoms in total. The summed E-state index contributed by atoms with van der Waals surface area (Å²) in [4.78, 5) is 25.9. The molecule has 29 heavy (non-hydrogen) atoms. The van der Waals surface area contributed by atoms with Gasteiger partial charge in [-0.05, 0) is 48.9 Å². The van der Waals surface area contributed by atoms with Crippen molar-refractivity contribution in [1.29, 1.82) is 0 Å². The third-order valence-electron chi connectivity index (χ3n) is 5.13. The molecule has 3 rings (SSSR count). The van der Waals surface area contributed by atoms with Gasteiger partial charge in [-0.1, -0.05) is 45.7 Å². The second-order valence-electron chi connectivity index (χ2n) is 7.20. The maximum Gasteiger partial charge on any atom is 0.308 e. The summed E-state index contributed by atoms with van der Waals surface area (Å²) in [6.07, 6.45) is -16.5. The van der Waals surface area contributed by atoms with Gasteiger partial charge in [0.05, 0.1) is 22.5 Å². The van der Waals surface area contributed by atoms with Crippen molar-refractivity contribution >= 4 is 11.9 Å². The minimum Gasteiger partial charge on any atom is -0.462 e. The smallest absolute Gasteiger partial charge is 0.308 e. The molecule has 3 aliphatic rings. The van der Waals surface area contributed by atoms with Gasteiger partial charge in [-0.3, -0.25) is 9.59 Å². The van der Waals surface area contributed by atoms with Crippen molar-refractivity contribution in [2.75, 3.05) is 0 Å². The summed E-state index contributed by atoms with van der Waals surface area (Å²) < 4.78 is 157. The molecular formula is C24H36O5. The third-order valence-corrected chi connectivity index (χ3v) is 5.13. The zero-order chi connectivity index (χ0) is 36.9. The van der Waals surface area contributed by atoms with Crippen molar-refractivity contribution in [3.05, 3.63) is 23.7 Å². The van der Waals surface area contributed by atoms with Gasteiger partial charge in [-0.2, -0.15) is 0 Å². The second kappa shape index (κ2) is 9.46. The van der Waals surface area contributed by atoms with E-state index >= 15 is 0 Å². The van der Waals surface area contributed by atoms with Crippen LogP contribution < -0.4 is 0 Å². The predicted octanol–water partition coefficient (Wildman–Crippen LogP) is 4.20. The fourth-order valence-electron chi connectivity index (χ4n) is 3.77. The van der Waals surface area contributed by atoms with Crippen LogP contribution in [0.1, 0.15) is 90.6 Å². The van der Waals surface area contributed by atoms with Crippen molar-refractivity contribution in [3.63, 3.8) is 0 Å². The van der Waals surface area contributed by atoms with Crippen LogP contribution in [0.5, 0.6) is 0 Å². The number of carbonyl (C=O) groups excluding carboxylic acids is 2. The van der Waals surface area contributed by atoms with Gasteiger partial charge in [0.1, 0.15) is 12.2 Å². The van der Waals surface area contributed by atoms with Crippen molar-refractivity contribution in [3.8, 4) is 0 Å². The fourth-order valence-corrected chi connectivity index (χ4v) is 3.77. The highest BCUT2D eigenvalue weighted by Crippen LogP contribution is 2.45. The molecule has 0 saturated carbocycles. The van der Waals surface area contributed by atoms with Gasteiger partial charge < -0.3 is 14.6 Å². The molecule has 0 aromatic heterocycles. The van der Waals surface area contributed by atoms with Gasteiger partial charge in [0, 0.05) is 32.9 Å². The lowest BCUT2D eigenvalue weighted by Gasteiger charge is -2.43. The van der Waals surface area contributed by atoms with Crippen molar-refractivity contribution in [2.45, 2.75) is 84.2 Å². The number of aliphatic hydroxyl groups is 1. The fraction of sp³-hybridized carbons (Fsp3) is 0.750. The summed E-state index contributed by atoms with van der Waals surface area (Å²) in [6, 6.07) is -2.36. The molecular weight excluding hydrogens is 368 g/mol. The molecule has 1 saturated heterocycles. The van der Waals surface area contributed by atoms with E-state index in [1.54, 1.807) is 0 Å². The van der Waals surface area contributed by atoms with Crippen LogP contribution in [0.2, 0.25) is 0 Å². The molecule has 8 atom stereocenters. The first-order valence-corrected chi connectivity index (χ1v) is 9.25. The Bertz CT molecular complexity index is 1360. The Morgan fingerprint density at radius 3 is 3.14 bits per heavy atom. The normalized spacial score (nSPS) is 59.0. The maximum absolute atomic E-state index is 13.7. The lowest BCUT2D eigenvalue weighted by Crippen LogP contribution is -2.42. The molecule has 1 N–H and O–H groups in total. The van der Waals surface area contributed by atoms with Crippen molar-refractivity contribution in [2.24, 2.45) is 29.5 Å². The van der Waals surface area contributed by atoms with Gasteiger partial charge in [-0.25, -0.2) is 0 Å². The molecule has 5 heteroatoms. The monoisotopic (exact) mass is 422 g/mol. The molecule has 0 bridgehead atoms.